The number of ether oxygens (including phenoxy) is 2. The Morgan fingerprint density at radius 3 is 1.63 bits per heavy atom. The van der Waals surface area contributed by atoms with Crippen molar-refractivity contribution in [2.75, 3.05) is 19.5 Å². The molecule has 0 spiro atoms. The Hall–Kier alpha value is -4.60. The van der Waals surface area contributed by atoms with E-state index in [0.29, 0.717) is 0 Å². The van der Waals surface area contributed by atoms with Crippen molar-refractivity contribution in [1.29, 1.82) is 0 Å². The predicted molar refractivity (Wildman–Crippen MR) is 166 cm³/mol. The molecule has 2 amide bonds. The van der Waals surface area contributed by atoms with E-state index in [0.717, 1.165) is 29.4 Å². The maximum Gasteiger partial charge on any atom is 0.408 e. The third-order valence-electron chi connectivity index (χ3n) is 6.81. The average Bonchev–Trinajstić information content (AvgIpc) is 3.07. The Morgan fingerprint density at radius 2 is 1.19 bits per heavy atom. The molecule has 0 fully saturated rings. The zero-order valence-corrected chi connectivity index (χ0v) is 24.5. The van der Waals surface area contributed by atoms with Crippen LogP contribution in [0.3, 0.4) is 0 Å². The summed E-state index contributed by atoms with van der Waals surface area (Å²) in [6.07, 6.45) is -0.798. The van der Waals surface area contributed by atoms with Crippen LogP contribution in [-0.4, -0.2) is 54.6 Å². The number of thioether (sulfide) groups is 1. The molecule has 0 heterocycles. The summed E-state index contributed by atoms with van der Waals surface area (Å²) in [4.78, 5) is 38.6. The summed E-state index contributed by atoms with van der Waals surface area (Å²) in [5.74, 6) is -1.39. The fourth-order valence-electron chi connectivity index (χ4n) is 4.66. The first-order valence-corrected chi connectivity index (χ1v) is 14.7. The highest BCUT2D eigenvalue weighted by atomic mass is 32.2. The molecule has 4 aromatic carbocycles. The lowest BCUT2D eigenvalue weighted by atomic mass is 9.84. The van der Waals surface area contributed by atoms with E-state index in [2.05, 4.69) is 10.6 Å². The normalized spacial score (nSPS) is 12.4. The molecule has 3 N–H and O–H groups in total. The topological polar surface area (TPSA) is 114 Å². The standard InChI is InChI=1S/C34H34N2O6S/c1-41-32(39)29(22-37)35-31(38)30(36-33(40)42-23-25-14-6-2-7-15-25)24-43-34(26-16-8-3-9-17-26,27-18-10-4-11-19-27)28-20-12-5-13-21-28/h2-21,29-30,37H,22-24H2,1H3,(H,35,38)(H,36,40)/t29-,30+/m1/s1. The Bertz CT molecular complexity index is 1360. The average molecular weight is 599 g/mol. The van der Waals surface area contributed by atoms with Gasteiger partial charge in [-0.15, -0.1) is 11.8 Å². The number of carbonyl (C=O) groups is 3. The number of rotatable bonds is 13. The zero-order chi connectivity index (χ0) is 30.5. The van der Waals surface area contributed by atoms with Crippen LogP contribution in [0.1, 0.15) is 22.3 Å². The van der Waals surface area contributed by atoms with Crippen molar-refractivity contribution in [3.8, 4) is 0 Å². The second kappa shape index (κ2) is 15.6. The van der Waals surface area contributed by atoms with Gasteiger partial charge in [0, 0.05) is 5.75 Å². The predicted octanol–water partition coefficient (Wildman–Crippen LogP) is 4.66. The van der Waals surface area contributed by atoms with Gasteiger partial charge in [0.15, 0.2) is 6.04 Å². The largest absolute Gasteiger partial charge is 0.467 e. The summed E-state index contributed by atoms with van der Waals surface area (Å²) in [6.45, 7) is -0.656. The summed E-state index contributed by atoms with van der Waals surface area (Å²) < 4.78 is 9.36. The minimum Gasteiger partial charge on any atom is -0.467 e. The molecule has 0 aliphatic heterocycles. The second-order valence-corrected chi connectivity index (χ2v) is 10.9. The Labute approximate surface area is 255 Å². The van der Waals surface area contributed by atoms with E-state index in [-0.39, 0.29) is 12.4 Å². The Morgan fingerprint density at radius 1 is 0.721 bits per heavy atom. The van der Waals surface area contributed by atoms with Crippen LogP contribution < -0.4 is 10.6 Å². The van der Waals surface area contributed by atoms with Crippen LogP contribution in [0.2, 0.25) is 0 Å². The van der Waals surface area contributed by atoms with E-state index in [1.54, 1.807) is 0 Å². The first kappa shape index (κ1) is 31.3. The Kier molecular flexibility index (Phi) is 11.4. The molecule has 4 rings (SSSR count). The number of nitrogens with one attached hydrogen (secondary N) is 2. The van der Waals surface area contributed by atoms with Crippen molar-refractivity contribution < 1.29 is 29.0 Å². The van der Waals surface area contributed by atoms with E-state index >= 15 is 0 Å². The van der Waals surface area contributed by atoms with Crippen molar-refractivity contribution in [1.82, 2.24) is 10.6 Å². The fourth-order valence-corrected chi connectivity index (χ4v) is 6.22. The van der Waals surface area contributed by atoms with E-state index in [1.165, 1.54) is 11.8 Å². The van der Waals surface area contributed by atoms with Gasteiger partial charge in [-0.1, -0.05) is 121 Å². The molecule has 0 bridgehead atoms. The SMILES string of the molecule is COC(=O)[C@@H](CO)NC(=O)[C@H](CSC(c1ccccc1)(c1ccccc1)c1ccccc1)NC(=O)OCc1ccccc1. The molecule has 0 aliphatic rings. The van der Waals surface area contributed by atoms with Crippen LogP contribution in [0.15, 0.2) is 121 Å². The number of hydrogen-bond acceptors (Lipinski definition) is 7. The molecule has 0 saturated carbocycles. The molecule has 4 aromatic rings. The third kappa shape index (κ3) is 8.03. The van der Waals surface area contributed by atoms with Crippen molar-refractivity contribution in [3.63, 3.8) is 0 Å². The van der Waals surface area contributed by atoms with Gasteiger partial charge in [0.1, 0.15) is 12.6 Å². The van der Waals surface area contributed by atoms with Crippen molar-refractivity contribution >= 4 is 29.7 Å². The lowest BCUT2D eigenvalue weighted by Gasteiger charge is -2.36. The minimum atomic E-state index is -1.30. The lowest BCUT2D eigenvalue weighted by molar-refractivity contribution is -0.146. The molecule has 222 valence electrons. The van der Waals surface area contributed by atoms with Gasteiger partial charge in [-0.2, -0.15) is 0 Å². The molecule has 0 saturated heterocycles. The third-order valence-corrected chi connectivity index (χ3v) is 8.45. The van der Waals surface area contributed by atoms with Crippen molar-refractivity contribution in [3.05, 3.63) is 144 Å². The van der Waals surface area contributed by atoms with Gasteiger partial charge < -0.3 is 25.2 Å². The number of methoxy groups -OCH3 is 1. The molecule has 0 aromatic heterocycles. The highest BCUT2D eigenvalue weighted by molar-refractivity contribution is 8.00. The molecular formula is C34H34N2O6S. The number of amides is 2. The van der Waals surface area contributed by atoms with Gasteiger partial charge >= 0.3 is 12.1 Å². The molecule has 0 radical (unpaired) electrons. The lowest BCUT2D eigenvalue weighted by Crippen LogP contribution is -2.54. The van der Waals surface area contributed by atoms with Crippen molar-refractivity contribution in [2.45, 2.75) is 23.4 Å². The first-order valence-electron chi connectivity index (χ1n) is 13.7. The van der Waals surface area contributed by atoms with Gasteiger partial charge in [-0.3, -0.25) is 4.79 Å². The molecule has 2 atom stereocenters. The maximum absolute atomic E-state index is 13.6. The van der Waals surface area contributed by atoms with E-state index < -0.39 is 41.4 Å². The van der Waals surface area contributed by atoms with Crippen LogP contribution >= 0.6 is 11.8 Å². The molecule has 9 heteroatoms. The van der Waals surface area contributed by atoms with Gasteiger partial charge in [0.25, 0.3) is 0 Å². The monoisotopic (exact) mass is 598 g/mol. The molecule has 8 nitrogen and oxygen atoms in total. The van der Waals surface area contributed by atoms with Crippen LogP contribution in [0.25, 0.3) is 0 Å². The molecular weight excluding hydrogens is 564 g/mol. The van der Waals surface area contributed by atoms with Crippen LogP contribution in [0, 0.1) is 0 Å². The summed E-state index contributed by atoms with van der Waals surface area (Å²) in [5, 5.41) is 14.9. The van der Waals surface area contributed by atoms with Gasteiger partial charge in [-0.05, 0) is 22.3 Å². The maximum atomic E-state index is 13.6. The fraction of sp³-hybridized carbons (Fsp3) is 0.206. The number of esters is 1. The van der Waals surface area contributed by atoms with Crippen LogP contribution in [-0.2, 0) is 30.4 Å². The molecule has 0 unspecified atom stereocenters. The number of benzene rings is 4. The minimum absolute atomic E-state index is 0.0115. The number of hydrogen-bond donors (Lipinski definition) is 3. The van der Waals surface area contributed by atoms with Gasteiger partial charge in [-0.25, -0.2) is 9.59 Å². The van der Waals surface area contributed by atoms with Gasteiger partial charge in [0.05, 0.1) is 18.5 Å². The van der Waals surface area contributed by atoms with Crippen LogP contribution in [0.4, 0.5) is 4.79 Å². The summed E-state index contributed by atoms with van der Waals surface area (Å²) in [6, 6.07) is 36.5. The van der Waals surface area contributed by atoms with Crippen molar-refractivity contribution in [2.24, 2.45) is 0 Å². The smallest absolute Gasteiger partial charge is 0.408 e. The van der Waals surface area contributed by atoms with E-state index in [1.807, 2.05) is 121 Å². The highest BCUT2D eigenvalue weighted by Crippen LogP contribution is 2.48. The molecule has 0 aliphatic carbocycles. The van der Waals surface area contributed by atoms with E-state index in [4.69, 9.17) is 9.47 Å². The highest BCUT2D eigenvalue weighted by Gasteiger charge is 2.39. The number of aliphatic hydroxyl groups is 1. The quantitative estimate of drug-likeness (QED) is 0.152. The van der Waals surface area contributed by atoms with Crippen LogP contribution in [0.5, 0.6) is 0 Å². The summed E-state index contributed by atoms with van der Waals surface area (Å²) in [5.41, 5.74) is 3.72. The first-order chi connectivity index (χ1) is 21.0. The van der Waals surface area contributed by atoms with E-state index in [9.17, 15) is 19.5 Å². The second-order valence-electron chi connectivity index (χ2n) is 9.62. The molecule has 43 heavy (non-hydrogen) atoms. The number of carbonyl (C=O) groups excluding carboxylic acids is 3. The number of aliphatic hydroxyl groups excluding tert-OH is 1. The number of alkyl carbamates (subject to hydrolysis) is 1. The Balaban J connectivity index is 1.68. The zero-order valence-electron chi connectivity index (χ0n) is 23.7. The summed E-state index contributed by atoms with van der Waals surface area (Å²) in [7, 11) is 1.16. The van der Waals surface area contributed by atoms with Gasteiger partial charge in [0.2, 0.25) is 5.91 Å². The summed E-state index contributed by atoms with van der Waals surface area (Å²) >= 11 is 1.46.